The molecule has 0 saturated carbocycles. The van der Waals surface area contributed by atoms with Crippen LogP contribution in [0.2, 0.25) is 0 Å². The molecule has 0 bridgehead atoms. The lowest BCUT2D eigenvalue weighted by Crippen LogP contribution is -2.33. The van der Waals surface area contributed by atoms with Crippen LogP contribution < -0.4 is 5.32 Å². The van der Waals surface area contributed by atoms with Crippen molar-refractivity contribution in [2.45, 2.75) is 24.6 Å². The number of hydrogen-bond acceptors (Lipinski definition) is 2. The molecule has 2 unspecified atom stereocenters. The van der Waals surface area contributed by atoms with Crippen molar-refractivity contribution in [3.63, 3.8) is 0 Å². The van der Waals surface area contributed by atoms with Crippen LogP contribution in [0, 0.1) is 0 Å². The van der Waals surface area contributed by atoms with Crippen LogP contribution in [0.4, 0.5) is 0 Å². The van der Waals surface area contributed by atoms with Crippen molar-refractivity contribution in [3.8, 4) is 0 Å². The second-order valence-electron chi connectivity index (χ2n) is 5.72. The van der Waals surface area contributed by atoms with Gasteiger partial charge in [0, 0.05) is 28.9 Å². The van der Waals surface area contributed by atoms with Crippen LogP contribution in [0.25, 0.3) is 0 Å². The molecule has 0 fully saturated rings. The molecule has 2 atom stereocenters. The molecule has 1 N–H and O–H groups in total. The quantitative estimate of drug-likeness (QED) is 0.940. The maximum Gasteiger partial charge on any atom is 0.0582 e. The lowest BCUT2D eigenvalue weighted by Gasteiger charge is -2.30. The molecule has 1 aliphatic carbocycles. The third kappa shape index (κ3) is 2.94. The Labute approximate surface area is 129 Å². The molecule has 2 nitrogen and oxygen atoms in total. The predicted octanol–water partition coefficient (Wildman–Crippen LogP) is 3.04. The number of hydrogen-bond donors (Lipinski definition) is 1. The van der Waals surface area contributed by atoms with Crippen LogP contribution >= 0.6 is 0 Å². The number of fused-ring (bicyclic) bond motifs is 2. The molecule has 0 aromatic heterocycles. The van der Waals surface area contributed by atoms with Gasteiger partial charge in [-0.3, -0.25) is 4.21 Å². The highest BCUT2D eigenvalue weighted by atomic mass is 32.2. The van der Waals surface area contributed by atoms with E-state index in [1.165, 1.54) is 22.3 Å². The predicted molar refractivity (Wildman–Crippen MR) is 89.1 cm³/mol. The van der Waals surface area contributed by atoms with Gasteiger partial charge >= 0.3 is 0 Å². The highest BCUT2D eigenvalue weighted by Gasteiger charge is 2.25. The molecule has 3 rings (SSSR count). The Kier molecular flexibility index (Phi) is 4.22. The normalized spacial score (nSPS) is 16.9. The van der Waals surface area contributed by atoms with Crippen LogP contribution in [-0.2, 0) is 17.2 Å². The highest BCUT2D eigenvalue weighted by Crippen LogP contribution is 2.34. The van der Waals surface area contributed by atoms with E-state index in [-0.39, 0.29) is 11.3 Å². The van der Waals surface area contributed by atoms with E-state index in [0.717, 1.165) is 13.0 Å². The summed E-state index contributed by atoms with van der Waals surface area (Å²) in [5.74, 6) is 0. The number of rotatable bonds is 4. The second kappa shape index (κ2) is 6.12. The fourth-order valence-electron chi connectivity index (χ4n) is 2.95. The zero-order valence-corrected chi connectivity index (χ0v) is 13.3. The van der Waals surface area contributed by atoms with Crippen LogP contribution in [0.5, 0.6) is 0 Å². The third-order valence-corrected chi connectivity index (χ3v) is 5.59. The van der Waals surface area contributed by atoms with Gasteiger partial charge < -0.3 is 5.32 Å². The minimum Gasteiger partial charge on any atom is -0.305 e. The standard InChI is InChI=1S/C18H21NOS/c1-13(21(2)20)12-19-18-16-9-5-3-7-14(16)11-15-8-4-6-10-17(15)18/h3-10,13,18-19H,11-12H2,1-2H3. The maximum atomic E-state index is 11.6. The summed E-state index contributed by atoms with van der Waals surface area (Å²) < 4.78 is 11.6. The monoisotopic (exact) mass is 299 g/mol. The lowest BCUT2D eigenvalue weighted by atomic mass is 9.82. The molecule has 0 heterocycles. The average Bonchev–Trinajstić information content (AvgIpc) is 2.51. The Morgan fingerprint density at radius 1 is 1.10 bits per heavy atom. The van der Waals surface area contributed by atoms with Crippen molar-refractivity contribution < 1.29 is 4.21 Å². The van der Waals surface area contributed by atoms with Crippen molar-refractivity contribution in [1.29, 1.82) is 0 Å². The van der Waals surface area contributed by atoms with E-state index in [1.807, 2.05) is 6.92 Å². The van der Waals surface area contributed by atoms with E-state index in [0.29, 0.717) is 0 Å². The molecule has 2 aromatic rings. The van der Waals surface area contributed by atoms with Crippen LogP contribution in [-0.4, -0.2) is 22.3 Å². The zero-order valence-electron chi connectivity index (χ0n) is 12.5. The highest BCUT2D eigenvalue weighted by molar-refractivity contribution is 7.84. The van der Waals surface area contributed by atoms with Gasteiger partial charge in [-0.05, 0) is 35.6 Å². The first-order valence-electron chi connectivity index (χ1n) is 7.38. The Hall–Kier alpha value is -1.45. The van der Waals surface area contributed by atoms with Crippen LogP contribution in [0.15, 0.2) is 48.5 Å². The van der Waals surface area contributed by atoms with E-state index in [4.69, 9.17) is 0 Å². The van der Waals surface area contributed by atoms with E-state index >= 15 is 0 Å². The summed E-state index contributed by atoms with van der Waals surface area (Å²) in [5, 5.41) is 3.78. The first-order valence-corrected chi connectivity index (χ1v) is 9.00. The van der Waals surface area contributed by atoms with E-state index in [1.54, 1.807) is 6.26 Å². The molecular weight excluding hydrogens is 278 g/mol. The molecule has 110 valence electrons. The first-order chi connectivity index (χ1) is 10.2. The fraction of sp³-hybridized carbons (Fsp3) is 0.333. The molecule has 0 saturated heterocycles. The molecule has 21 heavy (non-hydrogen) atoms. The SMILES string of the molecule is CC(CNC1c2ccccc2Cc2ccccc21)S(C)=O. The van der Waals surface area contributed by atoms with Gasteiger partial charge in [0.05, 0.1) is 6.04 Å². The van der Waals surface area contributed by atoms with Gasteiger partial charge in [-0.1, -0.05) is 48.5 Å². The van der Waals surface area contributed by atoms with E-state index in [2.05, 4.69) is 53.8 Å². The molecule has 1 aliphatic rings. The lowest BCUT2D eigenvalue weighted by molar-refractivity contribution is 0.581. The van der Waals surface area contributed by atoms with Gasteiger partial charge in [0.15, 0.2) is 0 Å². The third-order valence-electron chi connectivity index (χ3n) is 4.29. The number of nitrogens with one attached hydrogen (secondary N) is 1. The van der Waals surface area contributed by atoms with Crippen molar-refractivity contribution >= 4 is 10.8 Å². The van der Waals surface area contributed by atoms with E-state index in [9.17, 15) is 4.21 Å². The van der Waals surface area contributed by atoms with Crippen molar-refractivity contribution in [3.05, 3.63) is 70.8 Å². The van der Waals surface area contributed by atoms with Crippen molar-refractivity contribution in [2.75, 3.05) is 12.8 Å². The van der Waals surface area contributed by atoms with Gasteiger partial charge in [0.1, 0.15) is 0 Å². The van der Waals surface area contributed by atoms with Gasteiger partial charge in [0.2, 0.25) is 0 Å². The largest absolute Gasteiger partial charge is 0.305 e. The molecule has 2 aromatic carbocycles. The Balaban J connectivity index is 1.93. The average molecular weight is 299 g/mol. The van der Waals surface area contributed by atoms with Gasteiger partial charge in [0.25, 0.3) is 0 Å². The molecule has 0 spiro atoms. The summed E-state index contributed by atoms with van der Waals surface area (Å²) in [4.78, 5) is 0. The fourth-order valence-corrected chi connectivity index (χ4v) is 3.28. The van der Waals surface area contributed by atoms with Crippen molar-refractivity contribution in [1.82, 2.24) is 5.32 Å². The summed E-state index contributed by atoms with van der Waals surface area (Å²) in [6, 6.07) is 17.4. The van der Waals surface area contributed by atoms with Crippen LogP contribution in [0.3, 0.4) is 0 Å². The second-order valence-corrected chi connectivity index (χ2v) is 7.53. The van der Waals surface area contributed by atoms with Crippen molar-refractivity contribution in [2.24, 2.45) is 0 Å². The zero-order chi connectivity index (χ0) is 14.8. The smallest absolute Gasteiger partial charge is 0.0582 e. The van der Waals surface area contributed by atoms with Gasteiger partial charge in [-0.15, -0.1) is 0 Å². The molecular formula is C18H21NOS. The van der Waals surface area contributed by atoms with Crippen LogP contribution in [0.1, 0.15) is 35.2 Å². The Bertz CT molecular complexity index is 622. The van der Waals surface area contributed by atoms with Gasteiger partial charge in [-0.25, -0.2) is 0 Å². The number of benzene rings is 2. The maximum absolute atomic E-state index is 11.6. The molecule has 0 radical (unpaired) electrons. The summed E-state index contributed by atoms with van der Waals surface area (Å²) in [6.45, 7) is 2.79. The molecule has 3 heteroatoms. The van der Waals surface area contributed by atoms with E-state index < -0.39 is 10.8 Å². The minimum atomic E-state index is -0.793. The van der Waals surface area contributed by atoms with Gasteiger partial charge in [-0.2, -0.15) is 0 Å². The topological polar surface area (TPSA) is 29.1 Å². The molecule has 0 aliphatic heterocycles. The Morgan fingerprint density at radius 2 is 1.62 bits per heavy atom. The summed E-state index contributed by atoms with van der Waals surface area (Å²) in [6.07, 6.45) is 2.77. The minimum absolute atomic E-state index is 0.159. The summed E-state index contributed by atoms with van der Waals surface area (Å²) in [5.41, 5.74) is 5.48. The Morgan fingerprint density at radius 3 is 2.14 bits per heavy atom. The first kappa shape index (κ1) is 14.5. The summed E-state index contributed by atoms with van der Waals surface area (Å²) >= 11 is 0. The summed E-state index contributed by atoms with van der Waals surface area (Å²) in [7, 11) is -0.793. The molecule has 0 amide bonds.